The Morgan fingerprint density at radius 1 is 1.35 bits per heavy atom. The van der Waals surface area contributed by atoms with Gasteiger partial charge >= 0.3 is 0 Å². The molecule has 0 saturated carbocycles. The Hall–Kier alpha value is -2.61. The molecule has 0 amide bonds. The summed E-state index contributed by atoms with van der Waals surface area (Å²) in [6.45, 7) is 3.05. The van der Waals surface area contributed by atoms with Crippen LogP contribution in [0, 0.1) is 25.5 Å². The molecule has 120 valence electrons. The highest BCUT2D eigenvalue weighted by Crippen LogP contribution is 2.20. The van der Waals surface area contributed by atoms with E-state index in [4.69, 9.17) is 4.52 Å². The van der Waals surface area contributed by atoms with Gasteiger partial charge in [0, 0.05) is 11.6 Å². The number of aliphatic hydroxyl groups is 1. The summed E-state index contributed by atoms with van der Waals surface area (Å²) in [5.41, 5.74) is -0.0647. The van der Waals surface area contributed by atoms with Crippen molar-refractivity contribution in [3.63, 3.8) is 0 Å². The molecule has 0 fully saturated rings. The van der Waals surface area contributed by atoms with Gasteiger partial charge in [-0.05, 0) is 19.9 Å². The van der Waals surface area contributed by atoms with Crippen LogP contribution in [0.4, 0.5) is 8.78 Å². The maximum Gasteiger partial charge on any atom is 0.296 e. The Morgan fingerprint density at radius 2 is 2.09 bits per heavy atom. The number of rotatable bonds is 3. The normalized spacial score (nSPS) is 12.7. The topological polar surface area (TPSA) is 81.1 Å². The molecule has 23 heavy (non-hydrogen) atoms. The summed E-state index contributed by atoms with van der Waals surface area (Å²) in [4.78, 5) is 12.3. The zero-order valence-electron chi connectivity index (χ0n) is 12.4. The van der Waals surface area contributed by atoms with Crippen molar-refractivity contribution in [2.45, 2.75) is 26.5 Å². The number of aliphatic hydroxyl groups excluding tert-OH is 1. The molecule has 8 heteroatoms. The van der Waals surface area contributed by atoms with Crippen molar-refractivity contribution >= 4 is 10.9 Å². The van der Waals surface area contributed by atoms with E-state index in [1.54, 1.807) is 13.8 Å². The molecule has 0 spiro atoms. The summed E-state index contributed by atoms with van der Waals surface area (Å²) in [7, 11) is 0. The largest absolute Gasteiger partial charge is 0.386 e. The average molecular weight is 321 g/mol. The van der Waals surface area contributed by atoms with Crippen molar-refractivity contribution in [3.05, 3.63) is 57.2 Å². The Bertz CT molecular complexity index is 949. The van der Waals surface area contributed by atoms with Crippen LogP contribution in [0.15, 0.2) is 27.5 Å². The van der Waals surface area contributed by atoms with Crippen LogP contribution in [0.25, 0.3) is 10.9 Å². The fraction of sp³-hybridized carbons (Fsp3) is 0.267. The van der Waals surface area contributed by atoms with Gasteiger partial charge in [-0.3, -0.25) is 4.79 Å². The molecule has 1 aromatic carbocycles. The van der Waals surface area contributed by atoms with Gasteiger partial charge in [-0.2, -0.15) is 5.10 Å². The van der Waals surface area contributed by atoms with Crippen LogP contribution >= 0.6 is 0 Å². The maximum absolute atomic E-state index is 13.7. The van der Waals surface area contributed by atoms with Crippen LogP contribution in [-0.2, 0) is 6.54 Å². The summed E-state index contributed by atoms with van der Waals surface area (Å²) in [5, 5.41) is 18.4. The van der Waals surface area contributed by atoms with Crippen LogP contribution in [0.5, 0.6) is 0 Å². The fourth-order valence-corrected chi connectivity index (χ4v) is 2.50. The van der Waals surface area contributed by atoms with E-state index < -0.39 is 23.3 Å². The molecule has 0 saturated heterocycles. The molecule has 1 atom stereocenters. The first kappa shape index (κ1) is 15.3. The molecule has 0 aliphatic rings. The summed E-state index contributed by atoms with van der Waals surface area (Å²) in [6.07, 6.45) is -1.36. The third kappa shape index (κ3) is 2.61. The Balaban J connectivity index is 2.01. The molecule has 0 aliphatic carbocycles. The van der Waals surface area contributed by atoms with Crippen LogP contribution < -0.4 is 5.56 Å². The molecule has 2 aromatic heterocycles. The Morgan fingerprint density at radius 3 is 2.78 bits per heavy atom. The SMILES string of the molecule is Cc1nn(CC(O)c2ccc(F)cc2F)c(=O)c2noc(C)c12. The second-order valence-corrected chi connectivity index (χ2v) is 5.22. The minimum Gasteiger partial charge on any atom is -0.386 e. The highest BCUT2D eigenvalue weighted by Gasteiger charge is 2.19. The van der Waals surface area contributed by atoms with E-state index in [0.717, 1.165) is 16.8 Å². The van der Waals surface area contributed by atoms with E-state index in [0.29, 0.717) is 22.9 Å². The zero-order valence-corrected chi connectivity index (χ0v) is 12.4. The average Bonchev–Trinajstić information content (AvgIpc) is 2.87. The minimum atomic E-state index is -1.36. The standard InChI is InChI=1S/C15H13F2N3O3/c1-7-13-8(2)23-19-14(13)15(22)20(18-7)6-12(21)10-4-3-9(16)5-11(10)17/h3-5,12,21H,6H2,1-2H3. The molecule has 6 nitrogen and oxygen atoms in total. The number of aromatic nitrogens is 3. The number of fused-ring (bicyclic) bond motifs is 1. The van der Waals surface area contributed by atoms with Gasteiger partial charge in [0.1, 0.15) is 23.5 Å². The van der Waals surface area contributed by atoms with Crippen LogP contribution in [-0.4, -0.2) is 20.0 Å². The predicted octanol–water partition coefficient (Wildman–Crippen LogP) is 2.01. The van der Waals surface area contributed by atoms with Crippen molar-refractivity contribution < 1.29 is 18.4 Å². The number of benzene rings is 1. The number of halogens is 2. The Kier molecular flexibility index (Phi) is 3.69. The van der Waals surface area contributed by atoms with Gasteiger partial charge < -0.3 is 9.63 Å². The van der Waals surface area contributed by atoms with E-state index in [2.05, 4.69) is 10.3 Å². The first-order valence-electron chi connectivity index (χ1n) is 6.85. The van der Waals surface area contributed by atoms with Gasteiger partial charge in [0.2, 0.25) is 0 Å². The van der Waals surface area contributed by atoms with Crippen molar-refractivity contribution in [2.24, 2.45) is 0 Å². The quantitative estimate of drug-likeness (QED) is 0.798. The van der Waals surface area contributed by atoms with Crippen molar-refractivity contribution in [1.29, 1.82) is 0 Å². The van der Waals surface area contributed by atoms with Crippen LogP contribution in [0.1, 0.15) is 23.1 Å². The molecule has 1 N–H and O–H groups in total. The van der Waals surface area contributed by atoms with Gasteiger partial charge in [-0.25, -0.2) is 13.5 Å². The fourth-order valence-electron chi connectivity index (χ4n) is 2.50. The predicted molar refractivity (Wildman–Crippen MR) is 76.9 cm³/mol. The second kappa shape index (κ2) is 5.54. The first-order chi connectivity index (χ1) is 10.9. The first-order valence-corrected chi connectivity index (χ1v) is 6.85. The lowest BCUT2D eigenvalue weighted by molar-refractivity contribution is 0.145. The highest BCUT2D eigenvalue weighted by molar-refractivity contribution is 5.81. The van der Waals surface area contributed by atoms with E-state index >= 15 is 0 Å². The molecule has 3 aromatic rings. The molecule has 1 unspecified atom stereocenters. The van der Waals surface area contributed by atoms with E-state index in [1.165, 1.54) is 0 Å². The number of aryl methyl sites for hydroxylation is 2. The smallest absolute Gasteiger partial charge is 0.296 e. The molecule has 2 heterocycles. The third-order valence-electron chi connectivity index (χ3n) is 3.60. The monoisotopic (exact) mass is 321 g/mol. The van der Waals surface area contributed by atoms with Crippen molar-refractivity contribution in [3.8, 4) is 0 Å². The third-order valence-corrected chi connectivity index (χ3v) is 3.60. The van der Waals surface area contributed by atoms with Crippen molar-refractivity contribution in [1.82, 2.24) is 14.9 Å². The molecule has 0 aliphatic heterocycles. The second-order valence-electron chi connectivity index (χ2n) is 5.22. The minimum absolute atomic E-state index is 0.0989. The summed E-state index contributed by atoms with van der Waals surface area (Å²) >= 11 is 0. The van der Waals surface area contributed by atoms with Gasteiger partial charge in [0.25, 0.3) is 5.56 Å². The maximum atomic E-state index is 13.7. The van der Waals surface area contributed by atoms with Crippen molar-refractivity contribution in [2.75, 3.05) is 0 Å². The molecule has 0 bridgehead atoms. The molecule has 0 radical (unpaired) electrons. The lowest BCUT2D eigenvalue weighted by Gasteiger charge is -2.13. The van der Waals surface area contributed by atoms with Crippen LogP contribution in [0.2, 0.25) is 0 Å². The summed E-state index contributed by atoms with van der Waals surface area (Å²) < 4.78 is 32.6. The van der Waals surface area contributed by atoms with E-state index in [1.807, 2.05) is 0 Å². The molecular weight excluding hydrogens is 308 g/mol. The molecule has 3 rings (SSSR count). The number of hydrogen-bond acceptors (Lipinski definition) is 5. The van der Waals surface area contributed by atoms with Gasteiger partial charge in [0.05, 0.1) is 17.6 Å². The lowest BCUT2D eigenvalue weighted by atomic mass is 10.1. The van der Waals surface area contributed by atoms with E-state index in [9.17, 15) is 18.7 Å². The zero-order chi connectivity index (χ0) is 16.7. The summed E-state index contributed by atoms with van der Waals surface area (Å²) in [5.74, 6) is -1.16. The van der Waals surface area contributed by atoms with Gasteiger partial charge in [-0.15, -0.1) is 0 Å². The number of hydrogen-bond donors (Lipinski definition) is 1. The lowest BCUT2D eigenvalue weighted by Crippen LogP contribution is -2.27. The summed E-state index contributed by atoms with van der Waals surface area (Å²) in [6, 6.07) is 2.84. The van der Waals surface area contributed by atoms with Gasteiger partial charge in [-0.1, -0.05) is 11.2 Å². The van der Waals surface area contributed by atoms with E-state index in [-0.39, 0.29) is 17.6 Å². The highest BCUT2D eigenvalue weighted by atomic mass is 19.1. The van der Waals surface area contributed by atoms with Crippen LogP contribution in [0.3, 0.4) is 0 Å². The molecular formula is C15H13F2N3O3. The Labute approximate surface area is 128 Å². The number of nitrogens with zero attached hydrogens (tertiary/aromatic N) is 3. The van der Waals surface area contributed by atoms with Gasteiger partial charge in [0.15, 0.2) is 5.52 Å².